The van der Waals surface area contributed by atoms with Crippen LogP contribution >= 0.6 is 0 Å². The Labute approximate surface area is 113 Å². The summed E-state index contributed by atoms with van der Waals surface area (Å²) in [6, 6.07) is 0. The molecule has 0 saturated heterocycles. The van der Waals surface area contributed by atoms with E-state index in [-0.39, 0.29) is 5.41 Å². The van der Waals surface area contributed by atoms with Crippen molar-refractivity contribution in [1.29, 1.82) is 0 Å². The highest BCUT2D eigenvalue weighted by Crippen LogP contribution is 2.28. The van der Waals surface area contributed by atoms with Crippen molar-refractivity contribution >= 4 is 5.78 Å². The van der Waals surface area contributed by atoms with Gasteiger partial charge in [0.2, 0.25) is 0 Å². The van der Waals surface area contributed by atoms with Crippen LogP contribution in [0.5, 0.6) is 0 Å². The van der Waals surface area contributed by atoms with Crippen molar-refractivity contribution in [3.8, 4) is 0 Å². The Hall–Kier alpha value is -0.590. The van der Waals surface area contributed by atoms with Gasteiger partial charge >= 0.3 is 0 Å². The summed E-state index contributed by atoms with van der Waals surface area (Å²) in [5.74, 6) is 0.474. The Bertz CT molecular complexity index is 263. The molecular weight excluding hydrogens is 220 g/mol. The normalized spacial score (nSPS) is 26.0. The fourth-order valence-corrected chi connectivity index (χ4v) is 2.52. The third kappa shape index (κ3) is 7.68. The molecule has 18 heavy (non-hydrogen) atoms. The van der Waals surface area contributed by atoms with E-state index < -0.39 is 0 Å². The number of allylic oxidation sites excluding steroid dienone is 2. The van der Waals surface area contributed by atoms with Crippen LogP contribution in [0.1, 0.15) is 84.5 Å². The van der Waals surface area contributed by atoms with Gasteiger partial charge in [0, 0.05) is 12.8 Å². The van der Waals surface area contributed by atoms with Gasteiger partial charge < -0.3 is 0 Å². The van der Waals surface area contributed by atoms with Gasteiger partial charge in [-0.25, -0.2) is 0 Å². The standard InChI is InChI=1S/C17H30O/c1-17(2)14-11-9-7-5-3-4-6-8-10-12-16(18)13-15-17/h9,11H,3-8,10,12-15H2,1-2H3/b11-9+. The van der Waals surface area contributed by atoms with E-state index >= 15 is 0 Å². The van der Waals surface area contributed by atoms with E-state index in [9.17, 15) is 4.79 Å². The zero-order valence-corrected chi connectivity index (χ0v) is 12.3. The van der Waals surface area contributed by atoms with E-state index in [2.05, 4.69) is 26.0 Å². The Morgan fingerprint density at radius 1 is 0.889 bits per heavy atom. The summed E-state index contributed by atoms with van der Waals surface area (Å²) in [5.41, 5.74) is 0.284. The first-order valence-corrected chi connectivity index (χ1v) is 7.77. The lowest BCUT2D eigenvalue weighted by molar-refractivity contribution is -0.119. The molecule has 1 rings (SSSR count). The van der Waals surface area contributed by atoms with Crippen molar-refractivity contribution in [2.24, 2.45) is 5.41 Å². The average molecular weight is 250 g/mol. The molecule has 0 atom stereocenters. The summed E-state index contributed by atoms with van der Waals surface area (Å²) in [6.07, 6.45) is 17.3. The van der Waals surface area contributed by atoms with Crippen molar-refractivity contribution in [2.45, 2.75) is 84.5 Å². The van der Waals surface area contributed by atoms with E-state index in [0.717, 1.165) is 32.1 Å². The fraction of sp³-hybridized carbons (Fsp3) is 0.824. The molecular formula is C17H30O. The minimum Gasteiger partial charge on any atom is -0.300 e. The van der Waals surface area contributed by atoms with Gasteiger partial charge in [0.1, 0.15) is 5.78 Å². The highest BCUT2D eigenvalue weighted by molar-refractivity contribution is 5.78. The third-order valence-electron chi connectivity index (χ3n) is 3.99. The number of carbonyl (C=O) groups is 1. The predicted octanol–water partition coefficient (Wildman–Crippen LogP) is 5.44. The molecule has 1 aliphatic carbocycles. The number of ketones is 1. The largest absolute Gasteiger partial charge is 0.300 e. The van der Waals surface area contributed by atoms with E-state index in [1.807, 2.05) is 0 Å². The molecule has 0 N–H and O–H groups in total. The first kappa shape index (κ1) is 15.5. The zero-order chi connectivity index (χ0) is 13.3. The average Bonchev–Trinajstić information content (AvgIpc) is 2.33. The Morgan fingerprint density at radius 2 is 1.56 bits per heavy atom. The predicted molar refractivity (Wildman–Crippen MR) is 78.7 cm³/mol. The smallest absolute Gasteiger partial charge is 0.132 e. The Balaban J connectivity index is 2.42. The Morgan fingerprint density at radius 3 is 2.33 bits per heavy atom. The lowest BCUT2D eigenvalue weighted by Gasteiger charge is -2.22. The van der Waals surface area contributed by atoms with Crippen molar-refractivity contribution in [1.82, 2.24) is 0 Å². The van der Waals surface area contributed by atoms with Crippen LogP contribution in [0.2, 0.25) is 0 Å². The molecule has 0 bridgehead atoms. The maximum absolute atomic E-state index is 11.8. The first-order chi connectivity index (χ1) is 8.60. The van der Waals surface area contributed by atoms with Crippen LogP contribution in [0.15, 0.2) is 12.2 Å². The van der Waals surface area contributed by atoms with Crippen molar-refractivity contribution < 1.29 is 4.79 Å². The number of hydrogen-bond acceptors (Lipinski definition) is 1. The molecule has 0 aromatic heterocycles. The number of carbonyl (C=O) groups excluding carboxylic acids is 1. The zero-order valence-electron chi connectivity index (χ0n) is 12.3. The first-order valence-electron chi connectivity index (χ1n) is 7.77. The molecule has 0 amide bonds. The molecule has 1 nitrogen and oxygen atoms in total. The summed E-state index contributed by atoms with van der Waals surface area (Å²) < 4.78 is 0. The van der Waals surface area contributed by atoms with E-state index in [4.69, 9.17) is 0 Å². The second kappa shape index (κ2) is 8.50. The quantitative estimate of drug-likeness (QED) is 0.523. The maximum Gasteiger partial charge on any atom is 0.132 e. The second-order valence-electron chi connectivity index (χ2n) is 6.54. The second-order valence-corrected chi connectivity index (χ2v) is 6.54. The van der Waals surface area contributed by atoms with Gasteiger partial charge in [0.25, 0.3) is 0 Å². The molecule has 0 heterocycles. The van der Waals surface area contributed by atoms with Crippen LogP contribution in [-0.2, 0) is 4.79 Å². The number of hydrogen-bond donors (Lipinski definition) is 0. The molecule has 0 aromatic carbocycles. The van der Waals surface area contributed by atoms with Gasteiger partial charge in [-0.3, -0.25) is 4.79 Å². The van der Waals surface area contributed by atoms with Crippen molar-refractivity contribution in [3.63, 3.8) is 0 Å². The highest BCUT2D eigenvalue weighted by atomic mass is 16.1. The monoisotopic (exact) mass is 250 g/mol. The summed E-state index contributed by atoms with van der Waals surface area (Å²) in [7, 11) is 0. The number of Topliss-reactive ketones (excluding diaryl/α,β-unsaturated/α-hetero) is 1. The van der Waals surface area contributed by atoms with Crippen LogP contribution in [-0.4, -0.2) is 5.78 Å². The topological polar surface area (TPSA) is 17.1 Å². The summed E-state index contributed by atoms with van der Waals surface area (Å²) in [5, 5.41) is 0. The molecule has 0 aliphatic heterocycles. The minimum atomic E-state index is 0.284. The van der Waals surface area contributed by atoms with Crippen molar-refractivity contribution in [3.05, 3.63) is 12.2 Å². The Kier molecular flexibility index (Phi) is 7.31. The van der Waals surface area contributed by atoms with Gasteiger partial charge in [-0.1, -0.05) is 51.7 Å². The van der Waals surface area contributed by atoms with Crippen LogP contribution < -0.4 is 0 Å². The summed E-state index contributed by atoms with van der Waals surface area (Å²) >= 11 is 0. The minimum absolute atomic E-state index is 0.284. The van der Waals surface area contributed by atoms with Crippen molar-refractivity contribution in [2.75, 3.05) is 0 Å². The maximum atomic E-state index is 11.8. The molecule has 1 aliphatic rings. The molecule has 0 aromatic rings. The molecule has 0 saturated carbocycles. The van der Waals surface area contributed by atoms with Crippen LogP contribution in [0.4, 0.5) is 0 Å². The molecule has 104 valence electrons. The van der Waals surface area contributed by atoms with Crippen LogP contribution in [0.25, 0.3) is 0 Å². The van der Waals surface area contributed by atoms with Gasteiger partial charge in [-0.15, -0.1) is 0 Å². The molecule has 0 fully saturated rings. The van der Waals surface area contributed by atoms with Crippen LogP contribution in [0.3, 0.4) is 0 Å². The van der Waals surface area contributed by atoms with Gasteiger partial charge in [-0.05, 0) is 37.5 Å². The molecule has 0 spiro atoms. The molecule has 0 radical (unpaired) electrons. The fourth-order valence-electron chi connectivity index (χ4n) is 2.52. The number of rotatable bonds is 0. The van der Waals surface area contributed by atoms with Gasteiger partial charge in [0.15, 0.2) is 0 Å². The van der Waals surface area contributed by atoms with Gasteiger partial charge in [-0.2, -0.15) is 0 Å². The lowest BCUT2D eigenvalue weighted by Crippen LogP contribution is -2.12. The lowest BCUT2D eigenvalue weighted by atomic mass is 9.83. The van der Waals surface area contributed by atoms with E-state index in [1.165, 1.54) is 38.5 Å². The summed E-state index contributed by atoms with van der Waals surface area (Å²) in [6.45, 7) is 4.56. The van der Waals surface area contributed by atoms with E-state index in [0.29, 0.717) is 5.78 Å². The van der Waals surface area contributed by atoms with Crippen LogP contribution in [0, 0.1) is 5.41 Å². The van der Waals surface area contributed by atoms with E-state index in [1.54, 1.807) is 0 Å². The molecule has 0 unspecified atom stereocenters. The highest BCUT2D eigenvalue weighted by Gasteiger charge is 2.17. The summed E-state index contributed by atoms with van der Waals surface area (Å²) in [4.78, 5) is 11.8. The third-order valence-corrected chi connectivity index (χ3v) is 3.99. The molecule has 1 heteroatoms. The van der Waals surface area contributed by atoms with Gasteiger partial charge in [0.05, 0.1) is 0 Å². The SMILES string of the molecule is CC1(C)C/C=C/CCCCCCCCC(=O)CC1.